The Morgan fingerprint density at radius 3 is 2.56 bits per heavy atom. The van der Waals surface area contributed by atoms with E-state index >= 15 is 0 Å². The average Bonchev–Trinajstić information content (AvgIpc) is 2.31. The number of nitrogens with zero attached hydrogens (tertiary/aromatic N) is 2. The van der Waals surface area contributed by atoms with Crippen LogP contribution in [0.25, 0.3) is 0 Å². The molecule has 1 rings (SSSR count). The molecule has 0 unspecified atom stereocenters. The largest absolute Gasteiger partial charge is 0.396 e. The van der Waals surface area contributed by atoms with Gasteiger partial charge in [-0.25, -0.2) is 15.8 Å². The van der Waals surface area contributed by atoms with Crippen molar-refractivity contribution in [2.75, 3.05) is 23.9 Å². The van der Waals surface area contributed by atoms with Crippen LogP contribution >= 0.6 is 0 Å². The first-order valence-corrected chi connectivity index (χ1v) is 5.41. The summed E-state index contributed by atoms with van der Waals surface area (Å²) in [6.45, 7) is 4.74. The van der Waals surface area contributed by atoms with E-state index in [1.165, 1.54) is 0 Å². The van der Waals surface area contributed by atoms with Crippen molar-refractivity contribution in [3.05, 3.63) is 11.4 Å². The molecule has 0 aliphatic rings. The van der Waals surface area contributed by atoms with Gasteiger partial charge in [0.15, 0.2) is 0 Å². The molecule has 0 saturated heterocycles. The molecule has 6 heteroatoms. The van der Waals surface area contributed by atoms with Gasteiger partial charge >= 0.3 is 0 Å². The Kier molecular flexibility index (Phi) is 4.94. The van der Waals surface area contributed by atoms with Gasteiger partial charge in [0.05, 0.1) is 0 Å². The van der Waals surface area contributed by atoms with Gasteiger partial charge in [-0.3, -0.25) is 0 Å². The molecule has 0 radical (unpaired) electrons. The van der Waals surface area contributed by atoms with Crippen LogP contribution in [-0.4, -0.2) is 28.2 Å². The number of hydrogen-bond donors (Lipinski definition) is 4. The summed E-state index contributed by atoms with van der Waals surface area (Å²) in [6.07, 6.45) is 1.44. The maximum Gasteiger partial charge on any atom is 0.148 e. The van der Waals surface area contributed by atoms with Gasteiger partial charge in [0.1, 0.15) is 17.5 Å². The Morgan fingerprint density at radius 2 is 2.00 bits per heavy atom. The minimum atomic E-state index is 0.166. The number of nitrogens with one attached hydrogen (secondary N) is 2. The molecule has 5 N–H and O–H groups in total. The van der Waals surface area contributed by atoms with Crippen LogP contribution in [-0.2, 0) is 6.42 Å². The van der Waals surface area contributed by atoms with E-state index in [9.17, 15) is 0 Å². The van der Waals surface area contributed by atoms with Crippen molar-refractivity contribution in [3.63, 3.8) is 0 Å². The number of hydrogen-bond acceptors (Lipinski definition) is 6. The predicted octanol–water partition coefficient (Wildman–Crippen LogP) is 0.427. The van der Waals surface area contributed by atoms with Crippen molar-refractivity contribution in [2.24, 2.45) is 5.84 Å². The van der Waals surface area contributed by atoms with Gasteiger partial charge in [0.25, 0.3) is 0 Å². The van der Waals surface area contributed by atoms with Crippen molar-refractivity contribution in [3.8, 4) is 0 Å². The average molecular weight is 225 g/mol. The Hall–Kier alpha value is -1.40. The fraction of sp³-hybridized carbons (Fsp3) is 0.600. The highest BCUT2D eigenvalue weighted by Crippen LogP contribution is 2.19. The zero-order valence-corrected chi connectivity index (χ0v) is 9.75. The minimum Gasteiger partial charge on any atom is -0.396 e. The number of aromatic nitrogens is 2. The molecule has 0 atom stereocenters. The van der Waals surface area contributed by atoms with Gasteiger partial charge in [0, 0.05) is 25.1 Å². The smallest absolute Gasteiger partial charge is 0.148 e. The van der Waals surface area contributed by atoms with Gasteiger partial charge in [-0.05, 0) is 13.3 Å². The van der Waals surface area contributed by atoms with Crippen LogP contribution in [0.5, 0.6) is 0 Å². The van der Waals surface area contributed by atoms with Crippen LogP contribution in [0.2, 0.25) is 0 Å². The maximum atomic E-state index is 8.71. The number of rotatable bonds is 6. The van der Waals surface area contributed by atoms with Crippen LogP contribution in [0.15, 0.2) is 0 Å². The number of anilines is 2. The minimum absolute atomic E-state index is 0.166. The monoisotopic (exact) mass is 225 g/mol. The number of aliphatic hydroxyl groups is 1. The molecule has 16 heavy (non-hydrogen) atoms. The summed E-state index contributed by atoms with van der Waals surface area (Å²) in [5.74, 6) is 7.54. The lowest BCUT2D eigenvalue weighted by Gasteiger charge is -2.12. The number of aliphatic hydroxyl groups excluding tert-OH is 1. The molecule has 0 amide bonds. The molecule has 0 spiro atoms. The maximum absolute atomic E-state index is 8.71. The zero-order valence-electron chi connectivity index (χ0n) is 9.75. The van der Waals surface area contributed by atoms with Crippen LogP contribution < -0.4 is 16.6 Å². The second-order valence-electron chi connectivity index (χ2n) is 3.46. The number of aryl methyl sites for hydroxylation is 1. The lowest BCUT2D eigenvalue weighted by atomic mass is 10.3. The molecule has 1 aromatic rings. The Balaban J connectivity index is 2.88. The van der Waals surface area contributed by atoms with E-state index in [0.717, 1.165) is 23.6 Å². The Bertz CT molecular complexity index is 342. The fourth-order valence-electron chi connectivity index (χ4n) is 1.32. The quantitative estimate of drug-likeness (QED) is 0.318. The molecular weight excluding hydrogens is 206 g/mol. The van der Waals surface area contributed by atoms with Crippen LogP contribution in [0.4, 0.5) is 11.6 Å². The summed E-state index contributed by atoms with van der Waals surface area (Å²) < 4.78 is 0. The second kappa shape index (κ2) is 6.24. The molecule has 1 aromatic heterocycles. The van der Waals surface area contributed by atoms with Crippen LogP contribution in [0.3, 0.4) is 0 Å². The highest BCUT2D eigenvalue weighted by Gasteiger charge is 2.08. The third-order valence-corrected chi connectivity index (χ3v) is 2.27. The molecule has 6 nitrogen and oxygen atoms in total. The number of hydrazine groups is 1. The summed E-state index contributed by atoms with van der Waals surface area (Å²) in [6, 6.07) is 0. The lowest BCUT2D eigenvalue weighted by molar-refractivity contribution is 0.292. The van der Waals surface area contributed by atoms with Crippen molar-refractivity contribution in [2.45, 2.75) is 26.7 Å². The van der Waals surface area contributed by atoms with Gasteiger partial charge in [0.2, 0.25) is 0 Å². The van der Waals surface area contributed by atoms with Crippen molar-refractivity contribution in [1.82, 2.24) is 9.97 Å². The molecule has 0 aliphatic carbocycles. The van der Waals surface area contributed by atoms with E-state index in [-0.39, 0.29) is 6.61 Å². The summed E-state index contributed by atoms with van der Waals surface area (Å²) in [7, 11) is 0. The first-order chi connectivity index (χ1) is 7.72. The van der Waals surface area contributed by atoms with Crippen molar-refractivity contribution < 1.29 is 5.11 Å². The van der Waals surface area contributed by atoms with Crippen molar-refractivity contribution in [1.29, 1.82) is 0 Å². The van der Waals surface area contributed by atoms with E-state index in [4.69, 9.17) is 10.9 Å². The molecule has 1 heterocycles. The van der Waals surface area contributed by atoms with E-state index in [1.807, 2.05) is 13.8 Å². The van der Waals surface area contributed by atoms with E-state index in [0.29, 0.717) is 18.8 Å². The van der Waals surface area contributed by atoms with Crippen molar-refractivity contribution >= 4 is 11.6 Å². The summed E-state index contributed by atoms with van der Waals surface area (Å²) >= 11 is 0. The second-order valence-corrected chi connectivity index (χ2v) is 3.46. The van der Waals surface area contributed by atoms with E-state index < -0.39 is 0 Å². The topological polar surface area (TPSA) is 96.1 Å². The molecule has 0 fully saturated rings. The number of nitrogens with two attached hydrogens (primary N) is 1. The molecule has 0 aromatic carbocycles. The Labute approximate surface area is 95.3 Å². The third kappa shape index (κ3) is 3.04. The number of nitrogen functional groups attached to an aromatic ring is 1. The highest BCUT2D eigenvalue weighted by atomic mass is 16.3. The summed E-state index contributed by atoms with van der Waals surface area (Å²) in [5.41, 5.74) is 3.45. The predicted molar refractivity (Wildman–Crippen MR) is 64.1 cm³/mol. The van der Waals surface area contributed by atoms with Gasteiger partial charge in [-0.15, -0.1) is 0 Å². The summed E-state index contributed by atoms with van der Waals surface area (Å²) in [5, 5.41) is 11.9. The first kappa shape index (κ1) is 12.7. The van der Waals surface area contributed by atoms with Crippen LogP contribution in [0.1, 0.15) is 24.7 Å². The lowest BCUT2D eigenvalue weighted by Crippen LogP contribution is -2.15. The Morgan fingerprint density at radius 1 is 1.31 bits per heavy atom. The molecule has 0 aliphatic heterocycles. The van der Waals surface area contributed by atoms with E-state index in [1.54, 1.807) is 0 Å². The first-order valence-electron chi connectivity index (χ1n) is 5.41. The summed E-state index contributed by atoms with van der Waals surface area (Å²) in [4.78, 5) is 8.63. The van der Waals surface area contributed by atoms with Gasteiger partial charge in [-0.2, -0.15) is 0 Å². The molecule has 0 bridgehead atoms. The SMILES string of the molecule is CCc1nc(NN)c(C)c(NCCCO)n1. The van der Waals surface area contributed by atoms with Gasteiger partial charge in [-0.1, -0.05) is 6.92 Å². The normalized spacial score (nSPS) is 10.2. The van der Waals surface area contributed by atoms with E-state index in [2.05, 4.69) is 20.7 Å². The molecular formula is C10H19N5O. The van der Waals surface area contributed by atoms with Gasteiger partial charge < -0.3 is 15.8 Å². The fourth-order valence-corrected chi connectivity index (χ4v) is 1.32. The molecule has 90 valence electrons. The molecule has 0 saturated carbocycles. The third-order valence-electron chi connectivity index (χ3n) is 2.27. The zero-order chi connectivity index (χ0) is 12.0. The standard InChI is InChI=1S/C10H19N5O/c1-3-8-13-9(12-5-4-6-16)7(2)10(14-8)15-11/h16H,3-6,11H2,1-2H3,(H2,12,13,14,15). The highest BCUT2D eigenvalue weighted by molar-refractivity contribution is 5.56. The van der Waals surface area contributed by atoms with Crippen LogP contribution in [0, 0.1) is 6.92 Å².